The first-order valence-corrected chi connectivity index (χ1v) is 8.29. The molecule has 0 bridgehead atoms. The molecule has 0 atom stereocenters. The summed E-state index contributed by atoms with van der Waals surface area (Å²) < 4.78 is 5.62. The van der Waals surface area contributed by atoms with Crippen LogP contribution in [-0.2, 0) is 4.74 Å². The van der Waals surface area contributed by atoms with Gasteiger partial charge in [0.2, 0.25) is 0 Å². The van der Waals surface area contributed by atoms with E-state index in [0.29, 0.717) is 11.6 Å². The van der Waals surface area contributed by atoms with Crippen molar-refractivity contribution in [2.75, 3.05) is 6.61 Å². The number of ether oxygens (including phenoxy) is 1. The van der Waals surface area contributed by atoms with Crippen LogP contribution < -0.4 is 3.54 Å². The van der Waals surface area contributed by atoms with E-state index < -0.39 is 6.09 Å². The summed E-state index contributed by atoms with van der Waals surface area (Å²) in [7, 11) is 0. The molecule has 1 aromatic heterocycles. The third kappa shape index (κ3) is 3.56. The molecule has 0 unspecified atom stereocenters. The van der Waals surface area contributed by atoms with Crippen molar-refractivity contribution in [3.8, 4) is 10.4 Å². The van der Waals surface area contributed by atoms with Gasteiger partial charge in [0.1, 0.15) is 0 Å². The van der Waals surface area contributed by atoms with Crippen LogP contribution in [0.5, 0.6) is 0 Å². The van der Waals surface area contributed by atoms with Gasteiger partial charge in [-0.1, -0.05) is 0 Å². The molecule has 1 aromatic carbocycles. The van der Waals surface area contributed by atoms with Gasteiger partial charge < -0.3 is 0 Å². The van der Waals surface area contributed by atoms with Crippen LogP contribution in [0.2, 0.25) is 5.02 Å². The average molecular weight is 347 g/mol. The van der Waals surface area contributed by atoms with Gasteiger partial charge in [-0.15, -0.1) is 0 Å². The van der Waals surface area contributed by atoms with Gasteiger partial charge in [0.25, 0.3) is 0 Å². The zero-order valence-electron chi connectivity index (χ0n) is 9.55. The monoisotopic (exact) mass is 347 g/mol. The molecule has 18 heavy (non-hydrogen) atoms. The molecule has 0 saturated heterocycles. The first kappa shape index (κ1) is 13.6. The maximum absolute atomic E-state index is 11.2. The van der Waals surface area contributed by atoms with Gasteiger partial charge in [-0.3, -0.25) is 0 Å². The van der Waals surface area contributed by atoms with Crippen LogP contribution in [-0.4, -0.2) is 27.2 Å². The second-order valence-corrected chi connectivity index (χ2v) is 7.14. The average Bonchev–Trinajstić information content (AvgIpc) is 2.78. The Morgan fingerprint density at radius 3 is 2.83 bits per heavy atom. The Labute approximate surface area is 119 Å². The number of hydrogen-bond donors (Lipinski definition) is 0. The number of nitrogens with zero attached hydrogens (tertiary/aromatic N) is 1. The molecule has 0 aliphatic carbocycles. The van der Waals surface area contributed by atoms with Crippen molar-refractivity contribution >= 4 is 43.5 Å². The normalized spacial score (nSPS) is 11.6. The summed E-state index contributed by atoms with van der Waals surface area (Å²) in [5.74, 6) is 0. The Bertz CT molecular complexity index is 603. The van der Waals surface area contributed by atoms with Crippen molar-refractivity contribution in [2.45, 2.75) is 6.92 Å². The van der Waals surface area contributed by atoms with Crippen LogP contribution in [0.3, 0.4) is 0 Å². The number of halogens is 1. The fourth-order valence-electron chi connectivity index (χ4n) is 1.27. The molecule has 0 spiro atoms. The molecular formula is C12H10ClNO2SSe. The minimum atomic E-state index is -0.507. The molecule has 0 radical (unpaired) electrons. The van der Waals surface area contributed by atoms with E-state index in [0.717, 1.165) is 14.0 Å². The summed E-state index contributed by atoms with van der Waals surface area (Å²) in [6.07, 6.45) is -0.507. The summed E-state index contributed by atoms with van der Waals surface area (Å²) in [5, 5.41) is 0.716. The molecule has 94 valence electrons. The zero-order valence-corrected chi connectivity index (χ0v) is 12.8. The Kier molecular flexibility index (Phi) is 4.78. The van der Waals surface area contributed by atoms with Crippen LogP contribution in [0.1, 0.15) is 6.92 Å². The third-order valence-electron chi connectivity index (χ3n) is 2.04. The molecule has 2 aromatic rings. The number of rotatable bonds is 2. The van der Waals surface area contributed by atoms with E-state index in [1.54, 1.807) is 6.92 Å². The van der Waals surface area contributed by atoms with Crippen molar-refractivity contribution in [3.05, 3.63) is 37.8 Å². The van der Waals surface area contributed by atoms with Crippen molar-refractivity contribution < 1.29 is 9.53 Å². The molecule has 0 aliphatic rings. The van der Waals surface area contributed by atoms with E-state index in [2.05, 4.69) is 9.93 Å². The predicted molar refractivity (Wildman–Crippen MR) is 74.3 cm³/mol. The number of carbonyl (C=O) groups is 1. The molecule has 1 heterocycles. The SMILES string of the molecule is CCOC(=O)N=c1sc(-c2ccc(Cl)cc2)c[se]1. The molecule has 6 heteroatoms. The molecule has 0 saturated carbocycles. The van der Waals surface area contributed by atoms with Gasteiger partial charge >= 0.3 is 120 Å². The summed E-state index contributed by atoms with van der Waals surface area (Å²) in [6, 6.07) is 7.63. The molecule has 1 amide bonds. The molecule has 0 fully saturated rings. The summed E-state index contributed by atoms with van der Waals surface area (Å²) in [4.78, 5) is 18.4. The van der Waals surface area contributed by atoms with E-state index >= 15 is 0 Å². The molecule has 3 nitrogen and oxygen atoms in total. The minimum absolute atomic E-state index is 0.104. The number of hydrogen-bond acceptors (Lipinski definition) is 3. The fourth-order valence-corrected chi connectivity index (χ4v) is 4.71. The zero-order chi connectivity index (χ0) is 13.0. The van der Waals surface area contributed by atoms with Crippen LogP contribution in [0.15, 0.2) is 34.2 Å². The predicted octanol–water partition coefficient (Wildman–Crippen LogP) is 3.18. The number of amides is 1. The van der Waals surface area contributed by atoms with Gasteiger partial charge in [-0.2, -0.15) is 0 Å². The van der Waals surface area contributed by atoms with Crippen LogP contribution in [0, 0.1) is 0 Å². The Hall–Kier alpha value is -0.871. The molecule has 0 N–H and O–H groups in total. The van der Waals surface area contributed by atoms with E-state index in [1.165, 1.54) is 11.3 Å². The topological polar surface area (TPSA) is 38.7 Å². The van der Waals surface area contributed by atoms with E-state index in [1.807, 2.05) is 24.3 Å². The van der Waals surface area contributed by atoms with Crippen LogP contribution in [0.4, 0.5) is 4.79 Å². The fraction of sp³-hybridized carbons (Fsp3) is 0.167. The first-order chi connectivity index (χ1) is 8.69. The van der Waals surface area contributed by atoms with Gasteiger partial charge in [0, 0.05) is 0 Å². The molecule has 0 aliphatic heterocycles. The Balaban J connectivity index is 2.25. The van der Waals surface area contributed by atoms with E-state index in [4.69, 9.17) is 16.3 Å². The van der Waals surface area contributed by atoms with Gasteiger partial charge in [0.15, 0.2) is 0 Å². The van der Waals surface area contributed by atoms with Crippen LogP contribution in [0.25, 0.3) is 10.4 Å². The van der Waals surface area contributed by atoms with E-state index in [9.17, 15) is 4.79 Å². The summed E-state index contributed by atoms with van der Waals surface area (Å²) in [6.45, 7) is 2.12. The molecule has 2 rings (SSSR count). The summed E-state index contributed by atoms with van der Waals surface area (Å²) >= 11 is 7.47. The molecular weight excluding hydrogens is 337 g/mol. The second kappa shape index (κ2) is 6.34. The maximum atomic E-state index is 11.2. The van der Waals surface area contributed by atoms with Gasteiger partial charge in [-0.25, -0.2) is 0 Å². The summed E-state index contributed by atoms with van der Waals surface area (Å²) in [5.41, 5.74) is 1.10. The van der Waals surface area contributed by atoms with Crippen LogP contribution >= 0.6 is 22.9 Å². The first-order valence-electron chi connectivity index (χ1n) is 5.25. The number of carbonyl (C=O) groups excluding carboxylic acids is 1. The second-order valence-electron chi connectivity index (χ2n) is 3.29. The quantitative estimate of drug-likeness (QED) is 0.783. The Morgan fingerprint density at radius 1 is 1.44 bits per heavy atom. The van der Waals surface area contributed by atoms with Gasteiger partial charge in [-0.05, 0) is 0 Å². The third-order valence-corrected chi connectivity index (χ3v) is 5.85. The standard InChI is InChI=1S/C12H10ClNO2SSe/c1-2-16-11(15)14-12-17-10(7-18-12)8-3-5-9(13)6-4-8/h3-7H,2H2,1H3. The van der Waals surface area contributed by atoms with Gasteiger partial charge in [0.05, 0.1) is 0 Å². The Morgan fingerprint density at radius 2 is 2.17 bits per heavy atom. The van der Waals surface area contributed by atoms with Crippen molar-refractivity contribution in [3.63, 3.8) is 0 Å². The van der Waals surface area contributed by atoms with Crippen molar-refractivity contribution in [1.29, 1.82) is 0 Å². The van der Waals surface area contributed by atoms with E-state index in [-0.39, 0.29) is 14.5 Å². The van der Waals surface area contributed by atoms with Crippen molar-refractivity contribution in [2.24, 2.45) is 4.99 Å². The number of benzene rings is 1. The van der Waals surface area contributed by atoms with Crippen molar-refractivity contribution in [1.82, 2.24) is 0 Å².